The molecule has 0 spiro atoms. The van der Waals surface area contributed by atoms with Gasteiger partial charge in [0.25, 0.3) is 0 Å². The van der Waals surface area contributed by atoms with Gasteiger partial charge in [0, 0.05) is 0 Å². The quantitative estimate of drug-likeness (QED) is 0.652. The molecule has 2 aromatic rings. The Morgan fingerprint density at radius 1 is 1.36 bits per heavy atom. The molecule has 4 atom stereocenters. The number of aliphatic hydroxyl groups is 2. The minimum atomic E-state index is -1.24. The first-order valence-electron chi connectivity index (χ1n) is 9.71. The lowest BCUT2D eigenvalue weighted by Gasteiger charge is -2.27. The summed E-state index contributed by atoms with van der Waals surface area (Å²) in [6, 6.07) is 3.46. The molecule has 2 aliphatic rings. The fraction of sp³-hybridized carbons (Fsp3) is 0.632. The van der Waals surface area contributed by atoms with Gasteiger partial charge in [-0.1, -0.05) is 19.3 Å². The van der Waals surface area contributed by atoms with Crippen LogP contribution in [0.4, 0.5) is 5.82 Å². The van der Waals surface area contributed by atoms with Crippen molar-refractivity contribution in [1.29, 1.82) is 0 Å². The Bertz CT molecular complexity index is 865. The third-order valence-corrected chi connectivity index (χ3v) is 5.98. The monoisotopic (exact) mass is 390 g/mol. The number of nitrogens with two attached hydrogens (primary N) is 1. The second-order valence-corrected chi connectivity index (χ2v) is 7.82. The van der Waals surface area contributed by atoms with E-state index in [2.05, 4.69) is 10.1 Å². The van der Waals surface area contributed by atoms with Gasteiger partial charge in [0.15, 0.2) is 5.82 Å². The van der Waals surface area contributed by atoms with Crippen molar-refractivity contribution in [3.8, 4) is 0 Å². The van der Waals surface area contributed by atoms with E-state index < -0.39 is 23.9 Å². The molecular weight excluding hydrogens is 364 g/mol. The number of rotatable bonds is 4. The van der Waals surface area contributed by atoms with Gasteiger partial charge in [0.05, 0.1) is 11.6 Å². The zero-order valence-electron chi connectivity index (χ0n) is 15.8. The van der Waals surface area contributed by atoms with Crippen LogP contribution in [-0.2, 0) is 19.9 Å². The summed E-state index contributed by atoms with van der Waals surface area (Å²) in [5.74, 6) is -0.0408. The van der Waals surface area contributed by atoms with E-state index in [1.54, 1.807) is 19.1 Å². The Balaban J connectivity index is 1.50. The van der Waals surface area contributed by atoms with Crippen molar-refractivity contribution in [3.63, 3.8) is 0 Å². The number of carbonyl (C=O) groups is 1. The zero-order chi connectivity index (χ0) is 19.9. The van der Waals surface area contributed by atoms with Crippen molar-refractivity contribution >= 4 is 17.3 Å². The molecule has 1 saturated heterocycles. The van der Waals surface area contributed by atoms with Gasteiger partial charge in [-0.3, -0.25) is 4.79 Å². The molecule has 0 unspecified atom stereocenters. The number of fused-ring (bicyclic) bond motifs is 1. The molecule has 1 aliphatic heterocycles. The predicted molar refractivity (Wildman–Crippen MR) is 99.2 cm³/mol. The zero-order valence-corrected chi connectivity index (χ0v) is 15.8. The van der Waals surface area contributed by atoms with Crippen molar-refractivity contribution in [1.82, 2.24) is 14.6 Å². The van der Waals surface area contributed by atoms with Gasteiger partial charge in [-0.2, -0.15) is 5.10 Å². The lowest BCUT2D eigenvalue weighted by atomic mass is 9.89. The maximum Gasteiger partial charge on any atom is 0.309 e. The number of aromatic nitrogens is 3. The molecule has 2 fully saturated rings. The summed E-state index contributed by atoms with van der Waals surface area (Å²) in [5, 5.41) is 25.4. The first-order chi connectivity index (χ1) is 13.4. The van der Waals surface area contributed by atoms with E-state index in [9.17, 15) is 15.0 Å². The summed E-state index contributed by atoms with van der Waals surface area (Å²) in [4.78, 5) is 16.2. The van der Waals surface area contributed by atoms with Crippen LogP contribution in [0.15, 0.2) is 18.5 Å². The molecule has 4 rings (SSSR count). The average Bonchev–Trinajstić information content (AvgIpc) is 3.24. The fourth-order valence-electron chi connectivity index (χ4n) is 4.28. The Hall–Kier alpha value is -2.23. The highest BCUT2D eigenvalue weighted by Crippen LogP contribution is 2.40. The van der Waals surface area contributed by atoms with E-state index in [1.165, 1.54) is 10.8 Å². The van der Waals surface area contributed by atoms with Crippen molar-refractivity contribution in [3.05, 3.63) is 24.2 Å². The number of hydrogen-bond donors (Lipinski definition) is 3. The van der Waals surface area contributed by atoms with Gasteiger partial charge >= 0.3 is 5.97 Å². The number of carbonyl (C=O) groups excluding carboxylic acids is 1. The van der Waals surface area contributed by atoms with Crippen LogP contribution in [-0.4, -0.2) is 55.7 Å². The van der Waals surface area contributed by atoms with Crippen LogP contribution in [0.25, 0.3) is 5.52 Å². The van der Waals surface area contributed by atoms with Gasteiger partial charge in [-0.05, 0) is 31.9 Å². The van der Waals surface area contributed by atoms with Gasteiger partial charge < -0.3 is 25.4 Å². The highest BCUT2D eigenvalue weighted by atomic mass is 16.6. The molecule has 152 valence electrons. The molecule has 0 bridgehead atoms. The third kappa shape index (κ3) is 3.13. The standard InChI is InChI=1S/C19H26N4O5/c1-19(14-8-7-12-17(20)21-10-22-23(12)14)16(25)15(24)13(28-19)9-27-18(26)11-5-3-2-4-6-11/h7-8,10-11,13,15-16,24-25H,2-6,9H2,1H3,(H2,20,21,22)/t13-,15-,16-,19+/m1/s1. The van der Waals surface area contributed by atoms with Crippen LogP contribution in [0.1, 0.15) is 44.7 Å². The van der Waals surface area contributed by atoms with E-state index in [4.69, 9.17) is 15.2 Å². The SMILES string of the molecule is C[C@@]1(c2ccc3c(N)ncnn23)O[C@H](COC(=O)C2CCCCC2)[C@@H](O)[C@H]1O. The summed E-state index contributed by atoms with van der Waals surface area (Å²) in [6.07, 6.45) is 2.95. The van der Waals surface area contributed by atoms with Crippen LogP contribution < -0.4 is 5.73 Å². The van der Waals surface area contributed by atoms with Crippen molar-refractivity contribution in [2.24, 2.45) is 5.92 Å². The largest absolute Gasteiger partial charge is 0.463 e. The Labute approximate surface area is 162 Å². The number of anilines is 1. The molecule has 9 nitrogen and oxygen atoms in total. The van der Waals surface area contributed by atoms with E-state index in [1.807, 2.05) is 0 Å². The second kappa shape index (κ2) is 7.31. The number of aliphatic hydroxyl groups excluding tert-OH is 2. The highest BCUT2D eigenvalue weighted by molar-refractivity contribution is 5.72. The van der Waals surface area contributed by atoms with E-state index >= 15 is 0 Å². The fourth-order valence-corrected chi connectivity index (χ4v) is 4.28. The van der Waals surface area contributed by atoms with Gasteiger partial charge in [0.1, 0.15) is 42.4 Å². The molecule has 0 aromatic carbocycles. The summed E-state index contributed by atoms with van der Waals surface area (Å²) < 4.78 is 13.0. The molecule has 9 heteroatoms. The molecule has 28 heavy (non-hydrogen) atoms. The molecule has 4 N–H and O–H groups in total. The number of nitrogens with zero attached hydrogens (tertiary/aromatic N) is 3. The van der Waals surface area contributed by atoms with Crippen LogP contribution in [0.2, 0.25) is 0 Å². The van der Waals surface area contributed by atoms with Gasteiger partial charge in [-0.25, -0.2) is 9.50 Å². The molecule has 2 aromatic heterocycles. The minimum Gasteiger partial charge on any atom is -0.463 e. The van der Waals surface area contributed by atoms with E-state index in [-0.39, 0.29) is 18.5 Å². The number of nitrogen functional groups attached to an aromatic ring is 1. The van der Waals surface area contributed by atoms with Crippen molar-refractivity contribution in [2.45, 2.75) is 62.9 Å². The van der Waals surface area contributed by atoms with Crippen LogP contribution in [0.3, 0.4) is 0 Å². The normalized spacial score (nSPS) is 31.3. The average molecular weight is 390 g/mol. The van der Waals surface area contributed by atoms with Crippen molar-refractivity contribution < 1.29 is 24.5 Å². The maximum atomic E-state index is 12.3. The van der Waals surface area contributed by atoms with Crippen LogP contribution in [0.5, 0.6) is 0 Å². The summed E-state index contributed by atoms with van der Waals surface area (Å²) >= 11 is 0. The van der Waals surface area contributed by atoms with Crippen molar-refractivity contribution in [2.75, 3.05) is 12.3 Å². The molecule has 1 saturated carbocycles. The molecule has 3 heterocycles. The van der Waals surface area contributed by atoms with Crippen LogP contribution in [0, 0.1) is 5.92 Å². The van der Waals surface area contributed by atoms with Crippen LogP contribution >= 0.6 is 0 Å². The Morgan fingerprint density at radius 2 is 2.11 bits per heavy atom. The first-order valence-corrected chi connectivity index (χ1v) is 9.71. The van der Waals surface area contributed by atoms with E-state index in [0.29, 0.717) is 17.0 Å². The minimum absolute atomic E-state index is 0.0853. The van der Waals surface area contributed by atoms with Gasteiger partial charge in [-0.15, -0.1) is 0 Å². The maximum absolute atomic E-state index is 12.3. The van der Waals surface area contributed by atoms with E-state index in [0.717, 1.165) is 32.1 Å². The summed E-state index contributed by atoms with van der Waals surface area (Å²) in [6.45, 7) is 1.56. The molecule has 0 radical (unpaired) electrons. The first kappa shape index (κ1) is 19.1. The number of ether oxygens (including phenoxy) is 2. The predicted octanol–water partition coefficient (Wildman–Crippen LogP) is 0.771. The topological polar surface area (TPSA) is 132 Å². The second-order valence-electron chi connectivity index (χ2n) is 7.82. The Morgan fingerprint density at radius 3 is 2.86 bits per heavy atom. The van der Waals surface area contributed by atoms with Gasteiger partial charge in [0.2, 0.25) is 0 Å². The lowest BCUT2D eigenvalue weighted by molar-refractivity contribution is -0.157. The smallest absolute Gasteiger partial charge is 0.309 e. The molecule has 1 aliphatic carbocycles. The molecule has 0 amide bonds. The lowest BCUT2D eigenvalue weighted by Crippen LogP contribution is -2.39. The highest BCUT2D eigenvalue weighted by Gasteiger charge is 2.54. The third-order valence-electron chi connectivity index (χ3n) is 5.98. The number of hydrogen-bond acceptors (Lipinski definition) is 8. The summed E-state index contributed by atoms with van der Waals surface area (Å²) in [7, 11) is 0. The molecular formula is C19H26N4O5. The Kier molecular flexibility index (Phi) is 4.98. The summed E-state index contributed by atoms with van der Waals surface area (Å²) in [5.41, 5.74) is 5.74. The number of esters is 1.